The normalized spacial score (nSPS) is 19.4. The molecule has 1 fully saturated rings. The van der Waals surface area contributed by atoms with E-state index in [0.29, 0.717) is 24.0 Å². The molecule has 0 amide bonds. The number of rotatable bonds is 6. The fraction of sp³-hybridized carbons (Fsp3) is 0.600. The van der Waals surface area contributed by atoms with Gasteiger partial charge >= 0.3 is 0 Å². The fourth-order valence-corrected chi connectivity index (χ4v) is 2.76. The summed E-state index contributed by atoms with van der Waals surface area (Å²) in [6.45, 7) is 1.42. The van der Waals surface area contributed by atoms with Gasteiger partial charge in [-0.1, -0.05) is 6.42 Å². The van der Waals surface area contributed by atoms with E-state index in [1.54, 1.807) is 6.07 Å². The lowest BCUT2D eigenvalue weighted by Gasteiger charge is -2.32. The summed E-state index contributed by atoms with van der Waals surface area (Å²) in [6.07, 6.45) is 4.63. The van der Waals surface area contributed by atoms with E-state index in [2.05, 4.69) is 11.9 Å². The largest absolute Gasteiger partial charge is 0.493 e. The zero-order chi connectivity index (χ0) is 15.2. The van der Waals surface area contributed by atoms with Crippen LogP contribution in [0.5, 0.6) is 5.75 Å². The predicted molar refractivity (Wildman–Crippen MR) is 79.4 cm³/mol. The number of non-ortho nitro benzene ring substituents is 1. The van der Waals surface area contributed by atoms with Crippen LogP contribution in [0.15, 0.2) is 18.2 Å². The molecule has 1 N–H and O–H groups in total. The molecule has 21 heavy (non-hydrogen) atoms. The number of aliphatic hydroxyl groups excluding tert-OH is 1. The topological polar surface area (TPSA) is 75.8 Å². The average Bonchev–Trinajstić information content (AvgIpc) is 2.49. The number of hydrogen-bond donors (Lipinski definition) is 1. The second-order valence-corrected chi connectivity index (χ2v) is 5.47. The van der Waals surface area contributed by atoms with Crippen LogP contribution < -0.4 is 4.74 Å². The molecule has 1 atom stereocenters. The summed E-state index contributed by atoms with van der Waals surface area (Å²) in [5.41, 5.74) is 0.430. The van der Waals surface area contributed by atoms with Gasteiger partial charge in [-0.3, -0.25) is 10.1 Å². The summed E-state index contributed by atoms with van der Waals surface area (Å²) >= 11 is 0. The van der Waals surface area contributed by atoms with Crippen molar-refractivity contribution in [3.63, 3.8) is 0 Å². The first-order valence-electron chi connectivity index (χ1n) is 7.33. The van der Waals surface area contributed by atoms with Crippen molar-refractivity contribution in [1.82, 2.24) is 4.90 Å². The quantitative estimate of drug-likeness (QED) is 0.644. The van der Waals surface area contributed by atoms with E-state index in [0.717, 1.165) is 13.0 Å². The molecule has 2 rings (SSSR count). The van der Waals surface area contributed by atoms with Crippen LogP contribution >= 0.6 is 0 Å². The number of benzene rings is 1. The summed E-state index contributed by atoms with van der Waals surface area (Å²) in [5, 5.41) is 20.0. The number of nitrogens with zero attached hydrogens (tertiary/aromatic N) is 2. The van der Waals surface area contributed by atoms with E-state index < -0.39 is 4.92 Å². The molecule has 1 aromatic carbocycles. The Labute approximate surface area is 124 Å². The number of aliphatic hydroxyl groups is 1. The van der Waals surface area contributed by atoms with Crippen molar-refractivity contribution in [2.45, 2.75) is 38.3 Å². The van der Waals surface area contributed by atoms with Gasteiger partial charge in [0.15, 0.2) is 0 Å². The molecule has 1 aromatic rings. The van der Waals surface area contributed by atoms with Crippen LogP contribution in [0, 0.1) is 10.1 Å². The third-order valence-corrected chi connectivity index (χ3v) is 4.06. The van der Waals surface area contributed by atoms with Gasteiger partial charge in [-0.25, -0.2) is 0 Å². The third-order valence-electron chi connectivity index (χ3n) is 4.06. The van der Waals surface area contributed by atoms with Crippen LogP contribution in [-0.4, -0.2) is 41.2 Å². The van der Waals surface area contributed by atoms with Gasteiger partial charge < -0.3 is 14.7 Å². The van der Waals surface area contributed by atoms with Gasteiger partial charge in [-0.15, -0.1) is 0 Å². The minimum atomic E-state index is -0.472. The van der Waals surface area contributed by atoms with Gasteiger partial charge in [0.2, 0.25) is 0 Å². The summed E-state index contributed by atoms with van der Waals surface area (Å²) in [4.78, 5) is 12.6. The van der Waals surface area contributed by atoms with Gasteiger partial charge in [0.1, 0.15) is 5.75 Å². The Morgan fingerprint density at radius 2 is 2.29 bits per heavy atom. The molecule has 6 heteroatoms. The Morgan fingerprint density at radius 1 is 1.48 bits per heavy atom. The molecule has 1 unspecified atom stereocenters. The van der Waals surface area contributed by atoms with Gasteiger partial charge in [0.05, 0.1) is 18.1 Å². The van der Waals surface area contributed by atoms with Gasteiger partial charge in [-0.2, -0.15) is 0 Å². The summed E-state index contributed by atoms with van der Waals surface area (Å²) in [5.74, 6) is 0.529. The van der Waals surface area contributed by atoms with E-state index >= 15 is 0 Å². The minimum Gasteiger partial charge on any atom is -0.493 e. The summed E-state index contributed by atoms with van der Waals surface area (Å²) in [7, 11) is 2.13. The monoisotopic (exact) mass is 294 g/mol. The molecule has 1 aliphatic rings. The van der Waals surface area contributed by atoms with Crippen molar-refractivity contribution >= 4 is 5.69 Å². The lowest BCUT2D eigenvalue weighted by molar-refractivity contribution is -0.385. The zero-order valence-corrected chi connectivity index (χ0v) is 12.3. The lowest BCUT2D eigenvalue weighted by atomic mass is 10.0. The highest BCUT2D eigenvalue weighted by Crippen LogP contribution is 2.25. The summed E-state index contributed by atoms with van der Waals surface area (Å²) < 4.78 is 5.70. The van der Waals surface area contributed by atoms with Crippen molar-refractivity contribution in [3.05, 3.63) is 33.9 Å². The molecule has 0 spiro atoms. The van der Waals surface area contributed by atoms with E-state index in [-0.39, 0.29) is 12.3 Å². The standard InChI is InChI=1S/C15H22N2O4/c1-16-8-3-2-4-13(16)7-9-21-15-6-5-14(17(19)20)10-12(15)11-18/h5-6,10,13,18H,2-4,7-9,11H2,1H3. The van der Waals surface area contributed by atoms with Crippen LogP contribution in [0.3, 0.4) is 0 Å². The third kappa shape index (κ3) is 4.15. The van der Waals surface area contributed by atoms with E-state index in [1.807, 2.05) is 0 Å². The molecule has 116 valence electrons. The van der Waals surface area contributed by atoms with Crippen molar-refractivity contribution in [3.8, 4) is 5.75 Å². The first-order valence-corrected chi connectivity index (χ1v) is 7.33. The Hall–Kier alpha value is -1.66. The molecular formula is C15H22N2O4. The highest BCUT2D eigenvalue weighted by Gasteiger charge is 2.19. The molecule has 0 bridgehead atoms. The van der Waals surface area contributed by atoms with Crippen LogP contribution in [0.2, 0.25) is 0 Å². The Kier molecular flexibility index (Phi) is 5.52. The first kappa shape index (κ1) is 15.7. The molecule has 6 nitrogen and oxygen atoms in total. The van der Waals surface area contributed by atoms with E-state index in [1.165, 1.54) is 31.4 Å². The lowest BCUT2D eigenvalue weighted by Crippen LogP contribution is -2.37. The van der Waals surface area contributed by atoms with Gasteiger partial charge in [0.25, 0.3) is 5.69 Å². The number of nitro benzene ring substituents is 1. The maximum atomic E-state index is 10.7. The second kappa shape index (κ2) is 7.38. The van der Waals surface area contributed by atoms with Crippen LogP contribution in [0.25, 0.3) is 0 Å². The number of ether oxygens (including phenoxy) is 1. The van der Waals surface area contributed by atoms with Crippen molar-refractivity contribution in [2.75, 3.05) is 20.2 Å². The molecule has 0 aromatic heterocycles. The molecule has 0 aliphatic carbocycles. The number of hydrogen-bond acceptors (Lipinski definition) is 5. The van der Waals surface area contributed by atoms with Crippen molar-refractivity contribution < 1.29 is 14.8 Å². The predicted octanol–water partition coefficient (Wildman–Crippen LogP) is 2.34. The minimum absolute atomic E-state index is 0.0292. The highest BCUT2D eigenvalue weighted by molar-refractivity contribution is 5.43. The molecule has 1 aliphatic heterocycles. The smallest absolute Gasteiger partial charge is 0.270 e. The first-order chi connectivity index (χ1) is 10.1. The molecule has 0 saturated carbocycles. The van der Waals surface area contributed by atoms with Crippen LogP contribution in [0.4, 0.5) is 5.69 Å². The zero-order valence-electron chi connectivity index (χ0n) is 12.3. The number of piperidine rings is 1. The van der Waals surface area contributed by atoms with E-state index in [4.69, 9.17) is 4.74 Å². The number of nitro groups is 1. The molecular weight excluding hydrogens is 272 g/mol. The molecule has 0 radical (unpaired) electrons. The highest BCUT2D eigenvalue weighted by atomic mass is 16.6. The van der Waals surface area contributed by atoms with Crippen LogP contribution in [-0.2, 0) is 6.61 Å². The number of likely N-dealkylation sites (tertiary alicyclic amines) is 1. The van der Waals surface area contributed by atoms with Gasteiger partial charge in [-0.05, 0) is 38.9 Å². The molecule has 1 saturated heterocycles. The Bertz CT molecular complexity index is 493. The van der Waals surface area contributed by atoms with Crippen molar-refractivity contribution in [1.29, 1.82) is 0 Å². The summed E-state index contributed by atoms with van der Waals surface area (Å²) in [6, 6.07) is 4.87. The van der Waals surface area contributed by atoms with Gasteiger partial charge in [0, 0.05) is 23.7 Å². The molecule has 1 heterocycles. The Morgan fingerprint density at radius 3 is 2.95 bits per heavy atom. The average molecular weight is 294 g/mol. The SMILES string of the molecule is CN1CCCCC1CCOc1ccc([N+](=O)[O-])cc1CO. The second-order valence-electron chi connectivity index (χ2n) is 5.47. The maximum Gasteiger partial charge on any atom is 0.270 e. The van der Waals surface area contributed by atoms with E-state index in [9.17, 15) is 15.2 Å². The Balaban J connectivity index is 1.91. The van der Waals surface area contributed by atoms with Crippen LogP contribution in [0.1, 0.15) is 31.2 Å². The van der Waals surface area contributed by atoms with Crippen molar-refractivity contribution in [2.24, 2.45) is 0 Å². The fourth-order valence-electron chi connectivity index (χ4n) is 2.76. The maximum absolute atomic E-state index is 10.7.